The molecule has 0 saturated heterocycles. The molecule has 0 fully saturated rings. The zero-order valence-corrected chi connectivity index (χ0v) is 46.2. The van der Waals surface area contributed by atoms with E-state index in [1.807, 2.05) is 147 Å². The Hall–Kier alpha value is -10.1. The van der Waals surface area contributed by atoms with Crippen molar-refractivity contribution in [3.05, 3.63) is 203 Å². The van der Waals surface area contributed by atoms with Crippen LogP contribution in [0.3, 0.4) is 0 Å². The standard InChI is InChI=1S/C68H61N5O7/c1-10-41(2)12-11-13-42(3)14-15-43-16-18-45(19-17-43)68(74)69-49-22-20-44(21-23-49)64-56-24-26-58(70-56)65(46-32-50(75-4)38-51(33-46)76-5)60-28-30-62(72-60)67(48-36-54(79-8)40-55(37-48)80-9)63-31-29-61(73-63)66(59-27-25-57(64)71-59)47-34-52(77-6)39-53(35-47)78-7/h10-40,70,73H,1-9H3,(H,69,74)/b12-11+,15-14+,41-10+,42-13+,64-56?,64-57?,65-58?,65-60?,66-59?,66-61?,67-62?,67-63?. The van der Waals surface area contributed by atoms with Crippen molar-refractivity contribution in [2.24, 2.45) is 0 Å². The highest BCUT2D eigenvalue weighted by Crippen LogP contribution is 2.42. The van der Waals surface area contributed by atoms with Gasteiger partial charge in [0.15, 0.2) is 0 Å². The lowest BCUT2D eigenvalue weighted by atomic mass is 10.0. The fourth-order valence-electron chi connectivity index (χ4n) is 9.68. The highest BCUT2D eigenvalue weighted by atomic mass is 16.5. The molecule has 0 spiro atoms. The number of ether oxygens (including phenoxy) is 6. The van der Waals surface area contributed by atoms with Crippen LogP contribution in [0.15, 0.2) is 169 Å². The number of aromatic amines is 2. The maximum absolute atomic E-state index is 13.7. The van der Waals surface area contributed by atoms with Crippen molar-refractivity contribution in [2.75, 3.05) is 48.0 Å². The van der Waals surface area contributed by atoms with Crippen molar-refractivity contribution in [3.8, 4) is 79.0 Å². The van der Waals surface area contributed by atoms with Crippen LogP contribution in [-0.4, -0.2) is 68.5 Å². The van der Waals surface area contributed by atoms with Crippen molar-refractivity contribution >= 4 is 64.0 Å². The van der Waals surface area contributed by atoms with Crippen LogP contribution in [0.4, 0.5) is 5.69 Å². The minimum atomic E-state index is -0.221. The molecule has 12 nitrogen and oxygen atoms in total. The van der Waals surface area contributed by atoms with Crippen LogP contribution in [0, 0.1) is 0 Å². The Balaban J connectivity index is 1.17. The van der Waals surface area contributed by atoms with Gasteiger partial charge in [-0.05, 0) is 158 Å². The smallest absolute Gasteiger partial charge is 0.255 e. The van der Waals surface area contributed by atoms with Gasteiger partial charge in [0.1, 0.15) is 34.5 Å². The molecule has 8 bridgehead atoms. The molecular formula is C68H61N5O7. The summed E-state index contributed by atoms with van der Waals surface area (Å²) in [5.74, 6) is 3.50. The summed E-state index contributed by atoms with van der Waals surface area (Å²) in [5, 5.41) is 3.10. The van der Waals surface area contributed by atoms with Gasteiger partial charge in [0.25, 0.3) is 5.91 Å². The van der Waals surface area contributed by atoms with Crippen molar-refractivity contribution < 1.29 is 33.2 Å². The number of nitrogens with zero attached hydrogens (tertiary/aromatic N) is 2. The van der Waals surface area contributed by atoms with Gasteiger partial charge in [-0.3, -0.25) is 4.79 Å². The number of hydrogen-bond acceptors (Lipinski definition) is 9. The number of carbonyl (C=O) groups is 1. The van der Waals surface area contributed by atoms with Gasteiger partial charge in [-0.15, -0.1) is 0 Å². The molecule has 80 heavy (non-hydrogen) atoms. The van der Waals surface area contributed by atoms with E-state index < -0.39 is 0 Å². The second kappa shape index (κ2) is 23.7. The Morgan fingerprint density at radius 2 is 0.825 bits per heavy atom. The van der Waals surface area contributed by atoms with E-state index in [9.17, 15) is 4.79 Å². The van der Waals surface area contributed by atoms with Crippen molar-refractivity contribution in [3.63, 3.8) is 0 Å². The average Bonchev–Trinajstić information content (AvgIpc) is 4.36. The monoisotopic (exact) mass is 1060 g/mol. The third-order valence-electron chi connectivity index (χ3n) is 14.0. The molecule has 0 unspecified atom stereocenters. The van der Waals surface area contributed by atoms with Crippen LogP contribution >= 0.6 is 0 Å². The fourth-order valence-corrected chi connectivity index (χ4v) is 9.68. The second-order valence-corrected chi connectivity index (χ2v) is 19.1. The molecule has 1 amide bonds. The highest BCUT2D eigenvalue weighted by Gasteiger charge is 2.21. The predicted molar refractivity (Wildman–Crippen MR) is 326 cm³/mol. The predicted octanol–water partition coefficient (Wildman–Crippen LogP) is 16.1. The number of H-pyrrole nitrogens is 2. The number of hydrogen-bond donors (Lipinski definition) is 3. The third-order valence-corrected chi connectivity index (χ3v) is 14.0. The van der Waals surface area contributed by atoms with Gasteiger partial charge in [-0.2, -0.15) is 0 Å². The normalized spacial score (nSPS) is 12.3. The van der Waals surface area contributed by atoms with E-state index in [1.54, 1.807) is 42.7 Å². The van der Waals surface area contributed by atoms with Gasteiger partial charge in [-0.25, -0.2) is 9.97 Å². The summed E-state index contributed by atoms with van der Waals surface area (Å²) >= 11 is 0. The first kappa shape index (κ1) is 53.3. The Morgan fingerprint density at radius 1 is 0.450 bits per heavy atom. The summed E-state index contributed by atoms with van der Waals surface area (Å²) in [6.07, 6.45) is 20.5. The number of fused-ring (bicyclic) bond motifs is 8. The van der Waals surface area contributed by atoms with Gasteiger partial charge in [0.2, 0.25) is 0 Å². The van der Waals surface area contributed by atoms with E-state index in [1.165, 1.54) is 5.57 Å². The average molecular weight is 1060 g/mol. The molecule has 10 rings (SSSR count). The SMILES string of the molecule is C/C=C(C)/C=C/C=C(C)/C=C/c1ccc(C(=O)Nc2ccc(-c3c4nc(c(-c5cc(OC)cc(OC)c5)c5ccc([nH]5)c(-c5cc(OC)cc(OC)c5)c5nc(c(-c6cc(OC)cc(OC)c6)c6ccc3[nH]6)C=C5)C=C4)cc2)cc1. The van der Waals surface area contributed by atoms with Crippen LogP contribution < -0.4 is 33.7 Å². The lowest BCUT2D eigenvalue weighted by molar-refractivity contribution is 0.102. The molecule has 3 N–H and O–H groups in total. The molecule has 5 heterocycles. The molecule has 5 aromatic carbocycles. The second-order valence-electron chi connectivity index (χ2n) is 19.1. The van der Waals surface area contributed by atoms with E-state index in [0.29, 0.717) is 68.5 Å². The lowest BCUT2D eigenvalue weighted by Crippen LogP contribution is -2.11. The molecule has 0 aliphatic carbocycles. The number of carbonyl (C=O) groups excluding carboxylic acids is 1. The number of amides is 1. The summed E-state index contributed by atoms with van der Waals surface area (Å²) in [5.41, 5.74) is 16.9. The van der Waals surface area contributed by atoms with Crippen molar-refractivity contribution in [2.45, 2.75) is 20.8 Å². The summed E-state index contributed by atoms with van der Waals surface area (Å²) in [6, 6.07) is 41.0. The number of benzene rings is 5. The molecule has 0 radical (unpaired) electrons. The van der Waals surface area contributed by atoms with E-state index in [4.69, 9.17) is 38.4 Å². The number of anilines is 1. The van der Waals surface area contributed by atoms with Crippen LogP contribution in [0.25, 0.3) is 97.0 Å². The fraction of sp³-hybridized carbons (Fsp3) is 0.132. The van der Waals surface area contributed by atoms with E-state index in [0.717, 1.165) is 77.7 Å². The molecule has 2 aliphatic heterocycles. The van der Waals surface area contributed by atoms with Crippen LogP contribution in [0.2, 0.25) is 0 Å². The quantitative estimate of drug-likeness (QED) is 0.0806. The summed E-state index contributed by atoms with van der Waals surface area (Å²) in [7, 11) is 9.82. The van der Waals surface area contributed by atoms with E-state index in [-0.39, 0.29) is 5.91 Å². The molecule has 0 saturated carbocycles. The maximum Gasteiger partial charge on any atom is 0.255 e. The molecule has 0 atom stereocenters. The van der Waals surface area contributed by atoms with Crippen LogP contribution in [-0.2, 0) is 0 Å². The topological polar surface area (TPSA) is 142 Å². The van der Waals surface area contributed by atoms with Crippen LogP contribution in [0.5, 0.6) is 34.5 Å². The molecule has 3 aromatic heterocycles. The Morgan fingerprint density at radius 3 is 1.19 bits per heavy atom. The van der Waals surface area contributed by atoms with Gasteiger partial charge < -0.3 is 43.7 Å². The number of allylic oxidation sites excluding steroid dienone is 7. The molecule has 8 aromatic rings. The minimum absolute atomic E-state index is 0.221. The third kappa shape index (κ3) is 11.5. The summed E-state index contributed by atoms with van der Waals surface area (Å²) < 4.78 is 34.9. The van der Waals surface area contributed by atoms with E-state index >= 15 is 0 Å². The zero-order valence-electron chi connectivity index (χ0n) is 46.2. The van der Waals surface area contributed by atoms with Gasteiger partial charge in [0.05, 0.1) is 65.4 Å². The van der Waals surface area contributed by atoms with Gasteiger partial charge >= 0.3 is 0 Å². The first-order valence-electron chi connectivity index (χ1n) is 26.0. The first-order valence-corrected chi connectivity index (χ1v) is 26.0. The highest BCUT2D eigenvalue weighted by molar-refractivity contribution is 6.05. The Kier molecular flexibility index (Phi) is 15.8. The number of methoxy groups -OCH3 is 6. The number of aromatic nitrogens is 4. The molecule has 2 aliphatic rings. The van der Waals surface area contributed by atoms with Crippen LogP contribution in [0.1, 0.15) is 59.5 Å². The van der Waals surface area contributed by atoms with Gasteiger partial charge in [-0.1, -0.05) is 71.9 Å². The Labute approximate surface area is 465 Å². The summed E-state index contributed by atoms with van der Waals surface area (Å²) in [6.45, 7) is 6.15. The number of nitrogens with one attached hydrogen (secondary N) is 3. The van der Waals surface area contributed by atoms with Crippen molar-refractivity contribution in [1.82, 2.24) is 19.9 Å². The molecular weight excluding hydrogens is 999 g/mol. The van der Waals surface area contributed by atoms with Gasteiger partial charge in [0, 0.05) is 73.8 Å². The lowest BCUT2D eigenvalue weighted by Gasteiger charge is -2.11. The molecule has 400 valence electrons. The van der Waals surface area contributed by atoms with Crippen molar-refractivity contribution in [1.29, 1.82) is 0 Å². The van der Waals surface area contributed by atoms with E-state index in [2.05, 4.69) is 77.7 Å². The minimum Gasteiger partial charge on any atom is -0.497 e. The first-order chi connectivity index (χ1) is 39.0. The summed E-state index contributed by atoms with van der Waals surface area (Å²) in [4.78, 5) is 32.3. The zero-order chi connectivity index (χ0) is 55.9. The number of rotatable bonds is 16. The molecule has 12 heteroatoms. The largest absolute Gasteiger partial charge is 0.497 e. The Bertz CT molecular complexity index is 3920. The maximum atomic E-state index is 13.7.